The van der Waals surface area contributed by atoms with Crippen molar-refractivity contribution in [3.63, 3.8) is 0 Å². The molecule has 0 saturated carbocycles. The summed E-state index contributed by atoms with van der Waals surface area (Å²) in [5, 5.41) is 4.14. The van der Waals surface area contributed by atoms with Crippen LogP contribution in [0.4, 0.5) is 21.7 Å². The van der Waals surface area contributed by atoms with E-state index in [1.54, 1.807) is 18.2 Å². The summed E-state index contributed by atoms with van der Waals surface area (Å²) in [4.78, 5) is 24.2. The lowest BCUT2D eigenvalue weighted by molar-refractivity contribution is -0.109. The van der Waals surface area contributed by atoms with E-state index in [-0.39, 0.29) is 23.4 Å². The second-order valence-electron chi connectivity index (χ2n) is 10.5. The molecular weight excluding hydrogens is 497 g/mol. The van der Waals surface area contributed by atoms with Crippen molar-refractivity contribution in [2.75, 3.05) is 34.5 Å². The van der Waals surface area contributed by atoms with Gasteiger partial charge in [0.2, 0.25) is 0 Å². The first kappa shape index (κ1) is 26.7. The molecule has 1 aromatic carbocycles. The summed E-state index contributed by atoms with van der Waals surface area (Å²) in [7, 11) is -3.63. The summed E-state index contributed by atoms with van der Waals surface area (Å²) in [6.45, 7) is 9.33. The smallest absolute Gasteiger partial charge is 0.306 e. The SMILES string of the molecule is CCN(c1ncc(F)cc1NC(C)(C)C)C1CCN(c2cc3cc(OS(C)(=O)=O)ccc3[nH]2)C(C=O)C1. The molecular formula is C26H34FN5O4S. The Kier molecular flexibility index (Phi) is 7.36. The highest BCUT2D eigenvalue weighted by molar-refractivity contribution is 7.86. The Balaban J connectivity index is 1.57. The number of pyridine rings is 1. The number of hydrogen-bond donors (Lipinski definition) is 2. The number of fused-ring (bicyclic) bond motifs is 1. The lowest BCUT2D eigenvalue weighted by atomic mass is 9.96. The maximum atomic E-state index is 14.1. The van der Waals surface area contributed by atoms with Crippen LogP contribution in [-0.4, -0.2) is 61.6 Å². The van der Waals surface area contributed by atoms with Crippen LogP contribution in [0.5, 0.6) is 5.75 Å². The largest absolute Gasteiger partial charge is 0.383 e. The quantitative estimate of drug-likeness (QED) is 0.327. The topological polar surface area (TPSA) is 108 Å². The van der Waals surface area contributed by atoms with Crippen molar-refractivity contribution in [1.82, 2.24) is 9.97 Å². The fraction of sp³-hybridized carbons (Fsp3) is 0.462. The molecule has 1 fully saturated rings. The van der Waals surface area contributed by atoms with Crippen LogP contribution in [0.25, 0.3) is 10.9 Å². The molecule has 37 heavy (non-hydrogen) atoms. The Labute approximate surface area is 217 Å². The molecule has 1 aliphatic rings. The molecule has 0 radical (unpaired) electrons. The highest BCUT2D eigenvalue weighted by Gasteiger charge is 2.33. The minimum atomic E-state index is -3.63. The molecule has 11 heteroatoms. The van der Waals surface area contributed by atoms with Gasteiger partial charge in [-0.25, -0.2) is 9.37 Å². The number of aldehydes is 1. The number of anilines is 3. The van der Waals surface area contributed by atoms with Gasteiger partial charge in [-0.2, -0.15) is 8.42 Å². The first-order valence-electron chi connectivity index (χ1n) is 12.3. The maximum absolute atomic E-state index is 14.1. The predicted molar refractivity (Wildman–Crippen MR) is 145 cm³/mol. The van der Waals surface area contributed by atoms with Crippen LogP contribution in [0.15, 0.2) is 36.5 Å². The fourth-order valence-corrected chi connectivity index (χ4v) is 5.36. The highest BCUT2D eigenvalue weighted by Crippen LogP contribution is 2.34. The van der Waals surface area contributed by atoms with Gasteiger partial charge in [-0.05, 0) is 64.8 Å². The average molecular weight is 532 g/mol. The molecule has 2 atom stereocenters. The van der Waals surface area contributed by atoms with Gasteiger partial charge in [0.05, 0.1) is 24.2 Å². The zero-order chi connectivity index (χ0) is 27.0. The molecule has 0 aliphatic carbocycles. The number of benzene rings is 1. The third-order valence-corrected chi connectivity index (χ3v) is 6.80. The summed E-state index contributed by atoms with van der Waals surface area (Å²) < 4.78 is 42.0. The number of aromatic amines is 1. The number of piperidine rings is 1. The Bertz CT molecular complexity index is 1390. The molecule has 0 spiro atoms. The Morgan fingerprint density at radius 1 is 1.30 bits per heavy atom. The zero-order valence-corrected chi connectivity index (χ0v) is 22.6. The van der Waals surface area contributed by atoms with Gasteiger partial charge in [-0.15, -0.1) is 0 Å². The number of nitrogens with one attached hydrogen (secondary N) is 2. The molecule has 0 bridgehead atoms. The van der Waals surface area contributed by atoms with E-state index < -0.39 is 15.9 Å². The van der Waals surface area contributed by atoms with Crippen LogP contribution in [0.2, 0.25) is 0 Å². The second kappa shape index (κ2) is 10.2. The molecule has 9 nitrogen and oxygen atoms in total. The van der Waals surface area contributed by atoms with Crippen molar-refractivity contribution < 1.29 is 21.8 Å². The normalized spacial score (nSPS) is 18.6. The van der Waals surface area contributed by atoms with Crippen molar-refractivity contribution in [2.24, 2.45) is 0 Å². The van der Waals surface area contributed by atoms with Crippen LogP contribution in [0.3, 0.4) is 0 Å². The lowest BCUT2D eigenvalue weighted by Crippen LogP contribution is -2.51. The lowest BCUT2D eigenvalue weighted by Gasteiger charge is -2.43. The minimum absolute atomic E-state index is 0.0362. The second-order valence-corrected chi connectivity index (χ2v) is 12.0. The van der Waals surface area contributed by atoms with Crippen molar-refractivity contribution >= 4 is 44.6 Å². The van der Waals surface area contributed by atoms with E-state index in [1.807, 2.05) is 38.7 Å². The van der Waals surface area contributed by atoms with Crippen LogP contribution < -0.4 is 19.3 Å². The van der Waals surface area contributed by atoms with E-state index in [0.29, 0.717) is 31.0 Å². The van der Waals surface area contributed by atoms with Crippen LogP contribution in [-0.2, 0) is 14.9 Å². The molecule has 2 unspecified atom stereocenters. The van der Waals surface area contributed by atoms with Crippen molar-refractivity contribution in [3.05, 3.63) is 42.3 Å². The fourth-order valence-electron chi connectivity index (χ4n) is 4.90. The summed E-state index contributed by atoms with van der Waals surface area (Å²) >= 11 is 0. The Morgan fingerprint density at radius 3 is 2.70 bits per heavy atom. The number of rotatable bonds is 8. The van der Waals surface area contributed by atoms with Gasteiger partial charge in [0, 0.05) is 41.6 Å². The van der Waals surface area contributed by atoms with Gasteiger partial charge in [0.25, 0.3) is 0 Å². The standard InChI is InChI=1S/C26H34FN5O4S/c1-6-31(25-23(30-26(2,3)4)13-18(27)15-28-25)19-9-10-32(20(14-19)16-33)24-12-17-11-21(36-37(5,34)35)7-8-22(17)29-24/h7-8,11-13,15-16,19-20,29-30H,6,9-10,14H2,1-5H3. The van der Waals surface area contributed by atoms with Crippen molar-refractivity contribution in [3.8, 4) is 5.75 Å². The molecule has 1 saturated heterocycles. The van der Waals surface area contributed by atoms with Gasteiger partial charge in [-0.1, -0.05) is 0 Å². The van der Waals surface area contributed by atoms with Crippen LogP contribution in [0.1, 0.15) is 40.5 Å². The van der Waals surface area contributed by atoms with E-state index in [4.69, 9.17) is 4.18 Å². The summed E-state index contributed by atoms with van der Waals surface area (Å²) in [5.41, 5.74) is 1.16. The first-order valence-corrected chi connectivity index (χ1v) is 14.1. The van der Waals surface area contributed by atoms with E-state index in [2.05, 4.69) is 20.2 Å². The molecule has 3 aromatic rings. The number of aromatic nitrogens is 2. The van der Waals surface area contributed by atoms with Gasteiger partial charge >= 0.3 is 10.1 Å². The Morgan fingerprint density at radius 2 is 2.05 bits per heavy atom. The van der Waals surface area contributed by atoms with E-state index in [1.165, 1.54) is 12.3 Å². The molecule has 1 aliphatic heterocycles. The van der Waals surface area contributed by atoms with Crippen LogP contribution >= 0.6 is 0 Å². The number of carbonyl (C=O) groups excluding carboxylic acids is 1. The molecule has 0 amide bonds. The van der Waals surface area contributed by atoms with Gasteiger partial charge in [0.1, 0.15) is 23.7 Å². The zero-order valence-electron chi connectivity index (χ0n) is 21.8. The predicted octanol–water partition coefficient (Wildman–Crippen LogP) is 4.31. The third kappa shape index (κ3) is 6.33. The minimum Gasteiger partial charge on any atom is -0.383 e. The van der Waals surface area contributed by atoms with Gasteiger partial charge in [0.15, 0.2) is 5.82 Å². The van der Waals surface area contributed by atoms with Gasteiger partial charge in [-0.3, -0.25) is 0 Å². The Hall–Kier alpha value is -3.34. The third-order valence-electron chi connectivity index (χ3n) is 6.31. The van der Waals surface area contributed by atoms with E-state index >= 15 is 0 Å². The maximum Gasteiger partial charge on any atom is 0.306 e. The highest BCUT2D eigenvalue weighted by atomic mass is 32.2. The summed E-state index contributed by atoms with van der Waals surface area (Å²) in [5.74, 6) is 1.28. The number of nitrogens with zero attached hydrogens (tertiary/aromatic N) is 3. The molecule has 200 valence electrons. The number of halogens is 1. The average Bonchev–Trinajstić information content (AvgIpc) is 3.21. The van der Waals surface area contributed by atoms with Gasteiger partial charge < -0.3 is 29.1 Å². The van der Waals surface area contributed by atoms with Crippen molar-refractivity contribution in [2.45, 2.75) is 58.2 Å². The molecule has 2 aromatic heterocycles. The first-order chi connectivity index (χ1) is 17.4. The number of carbonyl (C=O) groups is 1. The van der Waals surface area contributed by atoms with E-state index in [9.17, 15) is 17.6 Å². The monoisotopic (exact) mass is 531 g/mol. The molecule has 2 N–H and O–H groups in total. The number of H-pyrrole nitrogens is 1. The molecule has 3 heterocycles. The summed E-state index contributed by atoms with van der Waals surface area (Å²) in [6.07, 6.45) is 4.52. The number of hydrogen-bond acceptors (Lipinski definition) is 8. The van der Waals surface area contributed by atoms with Crippen LogP contribution in [0, 0.1) is 5.82 Å². The van der Waals surface area contributed by atoms with E-state index in [0.717, 1.165) is 35.7 Å². The van der Waals surface area contributed by atoms with Crippen molar-refractivity contribution in [1.29, 1.82) is 0 Å². The summed E-state index contributed by atoms with van der Waals surface area (Å²) in [6, 6.07) is 8.01. The molecule has 4 rings (SSSR count).